The molecule has 0 aliphatic carbocycles. The Bertz CT molecular complexity index is 351. The zero-order chi connectivity index (χ0) is 13.9. The average Bonchev–Trinajstić information content (AvgIpc) is 2.46. The maximum Gasteiger partial charge on any atom is 0.257 e. The van der Waals surface area contributed by atoms with E-state index in [-0.39, 0.29) is 12.5 Å². The van der Waals surface area contributed by atoms with Gasteiger partial charge in [0, 0.05) is 6.54 Å². The fraction of sp³-hybridized carbons (Fsp3) is 0.562. The van der Waals surface area contributed by atoms with E-state index in [1.807, 2.05) is 30.3 Å². The van der Waals surface area contributed by atoms with Gasteiger partial charge < -0.3 is 10.1 Å². The van der Waals surface area contributed by atoms with Gasteiger partial charge in [0.1, 0.15) is 5.75 Å². The van der Waals surface area contributed by atoms with Crippen LogP contribution in [-0.2, 0) is 4.79 Å². The Labute approximate surface area is 116 Å². The SMILES string of the molecule is CCCCC(CC)CNC(=O)COc1ccccc1. The zero-order valence-corrected chi connectivity index (χ0v) is 12.0. The van der Waals surface area contributed by atoms with Crippen LogP contribution in [0.2, 0.25) is 0 Å². The third kappa shape index (κ3) is 6.85. The monoisotopic (exact) mass is 263 g/mol. The Morgan fingerprint density at radius 2 is 2.00 bits per heavy atom. The van der Waals surface area contributed by atoms with Crippen molar-refractivity contribution in [2.45, 2.75) is 39.5 Å². The summed E-state index contributed by atoms with van der Waals surface area (Å²) in [6.07, 6.45) is 4.74. The summed E-state index contributed by atoms with van der Waals surface area (Å²) in [6, 6.07) is 9.41. The Hall–Kier alpha value is -1.51. The van der Waals surface area contributed by atoms with Crippen LogP contribution < -0.4 is 10.1 Å². The number of amides is 1. The van der Waals surface area contributed by atoms with Crippen molar-refractivity contribution >= 4 is 5.91 Å². The fourth-order valence-corrected chi connectivity index (χ4v) is 1.92. The molecule has 0 aliphatic rings. The second kappa shape index (κ2) is 9.42. The highest BCUT2D eigenvalue weighted by molar-refractivity contribution is 5.77. The molecule has 0 bridgehead atoms. The lowest BCUT2D eigenvalue weighted by molar-refractivity contribution is -0.123. The quantitative estimate of drug-likeness (QED) is 0.741. The summed E-state index contributed by atoms with van der Waals surface area (Å²) in [4.78, 5) is 11.7. The van der Waals surface area contributed by atoms with Gasteiger partial charge in [-0.25, -0.2) is 0 Å². The van der Waals surface area contributed by atoms with E-state index in [9.17, 15) is 4.79 Å². The van der Waals surface area contributed by atoms with Crippen LogP contribution >= 0.6 is 0 Å². The summed E-state index contributed by atoms with van der Waals surface area (Å²) in [5.41, 5.74) is 0. The van der Waals surface area contributed by atoms with Crippen LogP contribution in [0.1, 0.15) is 39.5 Å². The van der Waals surface area contributed by atoms with Crippen molar-refractivity contribution in [1.82, 2.24) is 5.32 Å². The molecule has 1 unspecified atom stereocenters. The number of hydrogen-bond acceptors (Lipinski definition) is 2. The Morgan fingerprint density at radius 3 is 2.63 bits per heavy atom. The van der Waals surface area contributed by atoms with Gasteiger partial charge in [-0.15, -0.1) is 0 Å². The van der Waals surface area contributed by atoms with Crippen molar-refractivity contribution in [3.05, 3.63) is 30.3 Å². The number of rotatable bonds is 9. The molecule has 1 atom stereocenters. The van der Waals surface area contributed by atoms with Crippen molar-refractivity contribution in [2.75, 3.05) is 13.2 Å². The molecule has 0 spiro atoms. The summed E-state index contributed by atoms with van der Waals surface area (Å²) < 4.78 is 5.40. The first kappa shape index (κ1) is 15.5. The van der Waals surface area contributed by atoms with E-state index in [0.717, 1.165) is 18.7 Å². The molecule has 0 fully saturated rings. The van der Waals surface area contributed by atoms with Gasteiger partial charge in [0.25, 0.3) is 5.91 Å². The normalized spacial score (nSPS) is 11.9. The molecule has 0 aliphatic heterocycles. The first-order valence-electron chi connectivity index (χ1n) is 7.20. The second-order valence-corrected chi connectivity index (χ2v) is 4.82. The molecule has 0 radical (unpaired) electrons. The summed E-state index contributed by atoms with van der Waals surface area (Å²) in [5.74, 6) is 1.27. The molecule has 1 amide bonds. The van der Waals surface area contributed by atoms with Crippen LogP contribution in [0.4, 0.5) is 0 Å². The van der Waals surface area contributed by atoms with Crippen molar-refractivity contribution in [3.63, 3.8) is 0 Å². The van der Waals surface area contributed by atoms with E-state index >= 15 is 0 Å². The Morgan fingerprint density at radius 1 is 1.26 bits per heavy atom. The van der Waals surface area contributed by atoms with Crippen LogP contribution in [0.15, 0.2) is 30.3 Å². The van der Waals surface area contributed by atoms with Gasteiger partial charge in [0.05, 0.1) is 0 Å². The van der Waals surface area contributed by atoms with Gasteiger partial charge in [-0.05, 0) is 24.5 Å². The number of para-hydroxylation sites is 1. The molecule has 1 aromatic carbocycles. The molecule has 1 rings (SSSR count). The molecule has 19 heavy (non-hydrogen) atoms. The highest BCUT2D eigenvalue weighted by atomic mass is 16.5. The van der Waals surface area contributed by atoms with E-state index in [1.165, 1.54) is 19.3 Å². The van der Waals surface area contributed by atoms with Crippen molar-refractivity contribution in [3.8, 4) is 5.75 Å². The third-order valence-corrected chi connectivity index (χ3v) is 3.24. The molecular weight excluding hydrogens is 238 g/mol. The van der Waals surface area contributed by atoms with Crippen LogP contribution in [0, 0.1) is 5.92 Å². The first-order chi connectivity index (χ1) is 9.26. The van der Waals surface area contributed by atoms with E-state index in [0.29, 0.717) is 5.92 Å². The fourth-order valence-electron chi connectivity index (χ4n) is 1.92. The molecule has 0 saturated carbocycles. The van der Waals surface area contributed by atoms with Crippen LogP contribution in [-0.4, -0.2) is 19.1 Å². The molecule has 0 saturated heterocycles. The van der Waals surface area contributed by atoms with Gasteiger partial charge in [0.2, 0.25) is 0 Å². The predicted octanol–water partition coefficient (Wildman–Crippen LogP) is 3.40. The minimum atomic E-state index is -0.0428. The first-order valence-corrected chi connectivity index (χ1v) is 7.20. The maximum absolute atomic E-state index is 11.7. The van der Waals surface area contributed by atoms with E-state index in [2.05, 4.69) is 19.2 Å². The summed E-state index contributed by atoms with van der Waals surface area (Å²) >= 11 is 0. The molecule has 0 heterocycles. The van der Waals surface area contributed by atoms with Gasteiger partial charge >= 0.3 is 0 Å². The van der Waals surface area contributed by atoms with Gasteiger partial charge in [-0.3, -0.25) is 4.79 Å². The predicted molar refractivity (Wildman–Crippen MR) is 78.3 cm³/mol. The molecule has 1 N–H and O–H groups in total. The zero-order valence-electron chi connectivity index (χ0n) is 12.0. The minimum absolute atomic E-state index is 0.0428. The number of carbonyl (C=O) groups excluding carboxylic acids is 1. The van der Waals surface area contributed by atoms with Crippen molar-refractivity contribution in [2.24, 2.45) is 5.92 Å². The Balaban J connectivity index is 2.20. The molecule has 3 heteroatoms. The molecule has 106 valence electrons. The van der Waals surface area contributed by atoms with E-state index < -0.39 is 0 Å². The number of ether oxygens (including phenoxy) is 1. The van der Waals surface area contributed by atoms with Crippen LogP contribution in [0.5, 0.6) is 5.75 Å². The summed E-state index contributed by atoms with van der Waals surface area (Å²) in [7, 11) is 0. The van der Waals surface area contributed by atoms with E-state index in [4.69, 9.17) is 4.74 Å². The minimum Gasteiger partial charge on any atom is -0.484 e. The lowest BCUT2D eigenvalue weighted by Gasteiger charge is -2.15. The lowest BCUT2D eigenvalue weighted by Crippen LogP contribution is -2.33. The molecule has 3 nitrogen and oxygen atoms in total. The topological polar surface area (TPSA) is 38.3 Å². The third-order valence-electron chi connectivity index (χ3n) is 3.24. The number of carbonyl (C=O) groups is 1. The number of hydrogen-bond donors (Lipinski definition) is 1. The van der Waals surface area contributed by atoms with Crippen LogP contribution in [0.25, 0.3) is 0 Å². The smallest absolute Gasteiger partial charge is 0.257 e. The largest absolute Gasteiger partial charge is 0.484 e. The van der Waals surface area contributed by atoms with Crippen LogP contribution in [0.3, 0.4) is 0 Å². The van der Waals surface area contributed by atoms with Gasteiger partial charge in [-0.2, -0.15) is 0 Å². The standard InChI is InChI=1S/C16H25NO2/c1-3-5-9-14(4-2)12-17-16(18)13-19-15-10-7-6-8-11-15/h6-8,10-11,14H,3-5,9,12-13H2,1-2H3,(H,17,18). The number of nitrogens with one attached hydrogen (secondary N) is 1. The molecule has 1 aromatic rings. The lowest BCUT2D eigenvalue weighted by atomic mass is 9.99. The van der Waals surface area contributed by atoms with Crippen molar-refractivity contribution in [1.29, 1.82) is 0 Å². The number of unbranched alkanes of at least 4 members (excludes halogenated alkanes) is 1. The second-order valence-electron chi connectivity index (χ2n) is 4.82. The summed E-state index contributed by atoms with van der Waals surface area (Å²) in [6.45, 7) is 5.22. The Kier molecular flexibility index (Phi) is 7.71. The maximum atomic E-state index is 11.7. The van der Waals surface area contributed by atoms with Gasteiger partial charge in [-0.1, -0.05) is 51.3 Å². The highest BCUT2D eigenvalue weighted by Crippen LogP contribution is 2.11. The molecule has 0 aromatic heterocycles. The van der Waals surface area contributed by atoms with Crippen molar-refractivity contribution < 1.29 is 9.53 Å². The molecular formula is C16H25NO2. The average molecular weight is 263 g/mol. The van der Waals surface area contributed by atoms with Gasteiger partial charge in [0.15, 0.2) is 6.61 Å². The summed E-state index contributed by atoms with van der Waals surface area (Å²) in [5, 5.41) is 2.95. The van der Waals surface area contributed by atoms with E-state index in [1.54, 1.807) is 0 Å². The highest BCUT2D eigenvalue weighted by Gasteiger charge is 2.08. The number of benzene rings is 1.